The summed E-state index contributed by atoms with van der Waals surface area (Å²) < 4.78 is 0. The summed E-state index contributed by atoms with van der Waals surface area (Å²) in [4.78, 5) is 28.6. The number of hydrogen-bond acceptors (Lipinski definition) is 5. The minimum absolute atomic E-state index is 0.0683. The highest BCUT2D eigenvalue weighted by molar-refractivity contribution is 6.34. The number of carbonyl (C=O) groups excluding carboxylic acids is 2. The molecule has 1 aliphatic rings. The van der Waals surface area contributed by atoms with Gasteiger partial charge in [0, 0.05) is 39.3 Å². The molecule has 1 aliphatic heterocycles. The second-order valence-electron chi connectivity index (χ2n) is 4.33. The Morgan fingerprint density at radius 3 is 2.00 bits per heavy atom. The Morgan fingerprint density at radius 2 is 1.56 bits per heavy atom. The summed E-state index contributed by atoms with van der Waals surface area (Å²) in [5.74, 6) is -1.20. The van der Waals surface area contributed by atoms with Crippen molar-refractivity contribution < 1.29 is 19.8 Å². The van der Waals surface area contributed by atoms with Crippen molar-refractivity contribution in [1.29, 1.82) is 0 Å². The maximum absolute atomic E-state index is 11.9. The summed E-state index contributed by atoms with van der Waals surface area (Å²) in [6.07, 6.45) is 0. The molecule has 2 N–H and O–H groups in total. The minimum Gasteiger partial charge on any atom is -0.395 e. The molecule has 1 fully saturated rings. The van der Waals surface area contributed by atoms with Crippen LogP contribution in [0.15, 0.2) is 0 Å². The number of carbonyl (C=O) groups is 2. The minimum atomic E-state index is -0.650. The van der Waals surface area contributed by atoms with Crippen molar-refractivity contribution in [2.24, 2.45) is 0 Å². The molecule has 1 heterocycles. The highest BCUT2D eigenvalue weighted by Crippen LogP contribution is 2.02. The molecule has 2 amide bonds. The third-order valence-electron chi connectivity index (χ3n) is 3.00. The molecule has 7 nitrogen and oxygen atoms in total. The number of nitrogens with zero attached hydrogens (tertiary/aromatic N) is 3. The SMILES string of the molecule is CN1CCN(C(=O)C(=O)N(CCO)CCO)CC1. The van der Waals surface area contributed by atoms with Gasteiger partial charge >= 0.3 is 11.8 Å². The van der Waals surface area contributed by atoms with Crippen LogP contribution in [-0.2, 0) is 9.59 Å². The van der Waals surface area contributed by atoms with Crippen molar-refractivity contribution >= 4 is 11.8 Å². The van der Waals surface area contributed by atoms with Gasteiger partial charge in [-0.2, -0.15) is 0 Å². The van der Waals surface area contributed by atoms with E-state index in [0.29, 0.717) is 13.1 Å². The summed E-state index contributed by atoms with van der Waals surface area (Å²) >= 11 is 0. The Hall–Kier alpha value is -1.18. The van der Waals surface area contributed by atoms with Crippen molar-refractivity contribution in [1.82, 2.24) is 14.7 Å². The third kappa shape index (κ3) is 3.94. The normalized spacial score (nSPS) is 16.7. The van der Waals surface area contributed by atoms with Crippen LogP contribution in [0, 0.1) is 0 Å². The number of amides is 2. The van der Waals surface area contributed by atoms with Crippen LogP contribution in [0.3, 0.4) is 0 Å². The van der Waals surface area contributed by atoms with Gasteiger partial charge in [-0.15, -0.1) is 0 Å². The van der Waals surface area contributed by atoms with Crippen molar-refractivity contribution in [3.8, 4) is 0 Å². The van der Waals surface area contributed by atoms with Crippen LogP contribution < -0.4 is 0 Å². The molecule has 1 rings (SSSR count). The van der Waals surface area contributed by atoms with Crippen molar-refractivity contribution in [2.75, 3.05) is 59.5 Å². The zero-order valence-electron chi connectivity index (χ0n) is 10.7. The van der Waals surface area contributed by atoms with E-state index in [4.69, 9.17) is 10.2 Å². The number of aliphatic hydroxyl groups excluding tert-OH is 2. The molecule has 1 saturated heterocycles. The van der Waals surface area contributed by atoms with E-state index in [0.717, 1.165) is 13.1 Å². The molecule has 7 heteroatoms. The zero-order chi connectivity index (χ0) is 13.5. The van der Waals surface area contributed by atoms with Crippen LogP contribution in [0.2, 0.25) is 0 Å². The fraction of sp³-hybridized carbons (Fsp3) is 0.818. The fourth-order valence-corrected chi connectivity index (χ4v) is 1.84. The monoisotopic (exact) mass is 259 g/mol. The van der Waals surface area contributed by atoms with Crippen molar-refractivity contribution in [2.45, 2.75) is 0 Å². The second-order valence-corrected chi connectivity index (χ2v) is 4.33. The molecular weight excluding hydrogens is 238 g/mol. The van der Waals surface area contributed by atoms with Crippen LogP contribution >= 0.6 is 0 Å². The van der Waals surface area contributed by atoms with E-state index in [1.165, 1.54) is 9.80 Å². The quantitative estimate of drug-likeness (QED) is 0.549. The van der Waals surface area contributed by atoms with Crippen LogP contribution in [0.5, 0.6) is 0 Å². The predicted molar refractivity (Wildman–Crippen MR) is 64.8 cm³/mol. The smallest absolute Gasteiger partial charge is 0.312 e. The van der Waals surface area contributed by atoms with E-state index in [9.17, 15) is 9.59 Å². The first kappa shape index (κ1) is 14.9. The molecule has 18 heavy (non-hydrogen) atoms. The Bertz CT molecular complexity index is 284. The lowest BCUT2D eigenvalue weighted by Crippen LogP contribution is -2.53. The summed E-state index contributed by atoms with van der Waals surface area (Å²) in [5.41, 5.74) is 0. The number of likely N-dealkylation sites (N-methyl/N-ethyl adjacent to an activating group) is 1. The van der Waals surface area contributed by atoms with Gasteiger partial charge < -0.3 is 24.9 Å². The molecule has 0 atom stereocenters. The summed E-state index contributed by atoms with van der Waals surface area (Å²) in [7, 11) is 1.97. The molecule has 0 radical (unpaired) electrons. The lowest BCUT2D eigenvalue weighted by Gasteiger charge is -2.33. The topological polar surface area (TPSA) is 84.3 Å². The third-order valence-corrected chi connectivity index (χ3v) is 3.00. The first-order chi connectivity index (χ1) is 8.60. The Labute approximate surface area is 107 Å². The second kappa shape index (κ2) is 7.30. The Kier molecular flexibility index (Phi) is 6.03. The van der Waals surface area contributed by atoms with Crippen molar-refractivity contribution in [3.05, 3.63) is 0 Å². The molecular formula is C11H21N3O4. The molecule has 0 aromatic heterocycles. The van der Waals surface area contributed by atoms with Gasteiger partial charge in [-0.3, -0.25) is 9.59 Å². The van der Waals surface area contributed by atoms with Crippen LogP contribution in [0.25, 0.3) is 0 Å². The maximum atomic E-state index is 11.9. The zero-order valence-corrected chi connectivity index (χ0v) is 10.7. The first-order valence-corrected chi connectivity index (χ1v) is 6.08. The molecule has 104 valence electrons. The van der Waals surface area contributed by atoms with E-state index in [1.54, 1.807) is 0 Å². The largest absolute Gasteiger partial charge is 0.395 e. The average Bonchev–Trinajstić information content (AvgIpc) is 2.38. The molecule has 0 aromatic rings. The molecule has 0 bridgehead atoms. The number of rotatable bonds is 4. The predicted octanol–water partition coefficient (Wildman–Crippen LogP) is -2.43. The van der Waals surface area contributed by atoms with Gasteiger partial charge in [0.1, 0.15) is 0 Å². The van der Waals surface area contributed by atoms with Crippen LogP contribution in [0.4, 0.5) is 0 Å². The number of hydrogen-bond donors (Lipinski definition) is 2. The summed E-state index contributed by atoms with van der Waals surface area (Å²) in [6, 6.07) is 0. The average molecular weight is 259 g/mol. The molecule has 0 aliphatic carbocycles. The molecule has 0 aromatic carbocycles. The molecule has 0 spiro atoms. The number of piperazine rings is 1. The fourth-order valence-electron chi connectivity index (χ4n) is 1.84. The van der Waals surface area contributed by atoms with Crippen LogP contribution in [0.1, 0.15) is 0 Å². The van der Waals surface area contributed by atoms with Gasteiger partial charge in [0.25, 0.3) is 0 Å². The van der Waals surface area contributed by atoms with E-state index in [1.807, 2.05) is 7.05 Å². The number of aliphatic hydroxyl groups is 2. The van der Waals surface area contributed by atoms with Gasteiger partial charge in [-0.1, -0.05) is 0 Å². The molecule has 0 saturated carbocycles. The van der Waals surface area contributed by atoms with E-state index in [2.05, 4.69) is 4.90 Å². The Morgan fingerprint density at radius 1 is 1.06 bits per heavy atom. The van der Waals surface area contributed by atoms with Gasteiger partial charge in [-0.25, -0.2) is 0 Å². The lowest BCUT2D eigenvalue weighted by molar-refractivity contribution is -0.153. The Balaban J connectivity index is 2.55. The molecule has 0 unspecified atom stereocenters. The highest BCUT2D eigenvalue weighted by Gasteiger charge is 2.28. The van der Waals surface area contributed by atoms with E-state index >= 15 is 0 Å². The summed E-state index contributed by atoms with van der Waals surface area (Å²) in [6.45, 7) is 2.26. The van der Waals surface area contributed by atoms with Gasteiger partial charge in [0.05, 0.1) is 13.2 Å². The lowest BCUT2D eigenvalue weighted by atomic mass is 10.3. The maximum Gasteiger partial charge on any atom is 0.312 e. The van der Waals surface area contributed by atoms with Gasteiger partial charge in [0.15, 0.2) is 0 Å². The van der Waals surface area contributed by atoms with Crippen molar-refractivity contribution in [3.63, 3.8) is 0 Å². The van der Waals surface area contributed by atoms with Gasteiger partial charge in [-0.05, 0) is 7.05 Å². The van der Waals surface area contributed by atoms with Crippen LogP contribution in [-0.4, -0.2) is 96.3 Å². The highest BCUT2D eigenvalue weighted by atomic mass is 16.3. The summed E-state index contributed by atoms with van der Waals surface area (Å²) in [5, 5.41) is 17.7. The van der Waals surface area contributed by atoms with E-state index < -0.39 is 11.8 Å². The first-order valence-electron chi connectivity index (χ1n) is 6.08. The van der Waals surface area contributed by atoms with Gasteiger partial charge in [0.2, 0.25) is 0 Å². The van der Waals surface area contributed by atoms with E-state index in [-0.39, 0.29) is 26.3 Å². The standard InChI is InChI=1S/C11H21N3O4/c1-12-2-4-13(5-3-12)10(17)11(18)14(6-8-15)7-9-16/h15-16H,2-9H2,1H3.